The maximum absolute atomic E-state index is 11.8. The first kappa shape index (κ1) is 22.1. The largest absolute Gasteiger partial charge is 0.497 e. The number of carbonyl (C=O) groups is 1. The Morgan fingerprint density at radius 3 is 2.50 bits per heavy atom. The quantitative estimate of drug-likeness (QED) is 0.706. The van der Waals surface area contributed by atoms with E-state index in [4.69, 9.17) is 14.2 Å². The van der Waals surface area contributed by atoms with Crippen molar-refractivity contribution in [2.75, 3.05) is 20.8 Å². The molecule has 0 spiro atoms. The molecule has 3 rings (SSSR count). The number of esters is 1. The SMILES string of the molecule is COC(=O)c1ccc2c(c1)OC[C@H](C(C)C)N(Cc1ccc(OC)cc1)C2.S. The number of hydrogen-bond acceptors (Lipinski definition) is 5. The lowest BCUT2D eigenvalue weighted by molar-refractivity contribution is 0.0600. The van der Waals surface area contributed by atoms with Crippen molar-refractivity contribution < 1.29 is 19.0 Å². The molecule has 6 heteroatoms. The van der Waals surface area contributed by atoms with E-state index in [0.29, 0.717) is 18.1 Å². The summed E-state index contributed by atoms with van der Waals surface area (Å²) in [5.74, 6) is 1.72. The summed E-state index contributed by atoms with van der Waals surface area (Å²) in [6.45, 7) is 6.61. The average molecular weight is 404 g/mol. The number of ether oxygens (including phenoxy) is 3. The van der Waals surface area contributed by atoms with Crippen LogP contribution in [0.5, 0.6) is 11.5 Å². The van der Waals surface area contributed by atoms with E-state index in [1.165, 1.54) is 12.7 Å². The van der Waals surface area contributed by atoms with E-state index in [-0.39, 0.29) is 25.5 Å². The fourth-order valence-electron chi connectivity index (χ4n) is 3.43. The van der Waals surface area contributed by atoms with Crippen molar-refractivity contribution in [3.05, 3.63) is 59.2 Å². The van der Waals surface area contributed by atoms with Crippen molar-refractivity contribution in [1.29, 1.82) is 0 Å². The van der Waals surface area contributed by atoms with E-state index in [9.17, 15) is 4.79 Å². The molecule has 1 heterocycles. The zero-order valence-corrected chi connectivity index (χ0v) is 17.9. The first-order valence-corrected chi connectivity index (χ1v) is 9.23. The number of methoxy groups -OCH3 is 2. The highest BCUT2D eigenvalue weighted by atomic mass is 32.1. The summed E-state index contributed by atoms with van der Waals surface area (Å²) in [6.07, 6.45) is 0. The van der Waals surface area contributed by atoms with Crippen LogP contribution in [0.25, 0.3) is 0 Å². The van der Waals surface area contributed by atoms with E-state index < -0.39 is 0 Å². The number of benzene rings is 2. The minimum Gasteiger partial charge on any atom is -0.497 e. The molecular formula is C22H29NO4S. The summed E-state index contributed by atoms with van der Waals surface area (Å²) in [4.78, 5) is 14.3. The summed E-state index contributed by atoms with van der Waals surface area (Å²) in [5.41, 5.74) is 2.83. The van der Waals surface area contributed by atoms with Gasteiger partial charge in [0.15, 0.2) is 0 Å². The van der Waals surface area contributed by atoms with Crippen LogP contribution in [0.15, 0.2) is 42.5 Å². The molecule has 152 valence electrons. The third kappa shape index (κ3) is 5.00. The van der Waals surface area contributed by atoms with Gasteiger partial charge in [0.1, 0.15) is 18.1 Å². The van der Waals surface area contributed by atoms with Crippen LogP contribution < -0.4 is 9.47 Å². The number of fused-ring (bicyclic) bond motifs is 1. The number of rotatable bonds is 5. The third-order valence-corrected chi connectivity index (χ3v) is 5.05. The molecule has 5 nitrogen and oxygen atoms in total. The molecule has 0 saturated carbocycles. The first-order chi connectivity index (χ1) is 13.0. The predicted molar refractivity (Wildman–Crippen MR) is 115 cm³/mol. The average Bonchev–Trinajstić information content (AvgIpc) is 2.86. The number of nitrogens with zero attached hydrogens (tertiary/aromatic N) is 1. The molecule has 0 fully saturated rings. The van der Waals surface area contributed by atoms with Crippen molar-refractivity contribution >= 4 is 19.5 Å². The van der Waals surface area contributed by atoms with Gasteiger partial charge in [-0.3, -0.25) is 4.90 Å². The van der Waals surface area contributed by atoms with Gasteiger partial charge in [0.25, 0.3) is 0 Å². The van der Waals surface area contributed by atoms with E-state index in [1.807, 2.05) is 18.2 Å². The molecular weight excluding hydrogens is 374 g/mol. The molecule has 2 aromatic carbocycles. The van der Waals surface area contributed by atoms with Gasteiger partial charge in [-0.1, -0.05) is 32.0 Å². The molecule has 1 aliphatic rings. The van der Waals surface area contributed by atoms with Crippen molar-refractivity contribution in [3.8, 4) is 11.5 Å². The van der Waals surface area contributed by atoms with Gasteiger partial charge in [-0.25, -0.2) is 4.79 Å². The Morgan fingerprint density at radius 1 is 1.18 bits per heavy atom. The van der Waals surface area contributed by atoms with Crippen LogP contribution in [-0.4, -0.2) is 37.7 Å². The number of carbonyl (C=O) groups excluding carboxylic acids is 1. The molecule has 28 heavy (non-hydrogen) atoms. The van der Waals surface area contributed by atoms with Crippen LogP contribution in [0.3, 0.4) is 0 Å². The minimum atomic E-state index is -0.346. The highest BCUT2D eigenvalue weighted by Crippen LogP contribution is 2.30. The molecule has 0 unspecified atom stereocenters. The molecule has 0 bridgehead atoms. The van der Waals surface area contributed by atoms with Crippen LogP contribution in [0.4, 0.5) is 0 Å². The van der Waals surface area contributed by atoms with Crippen LogP contribution in [0.2, 0.25) is 0 Å². The fourth-order valence-corrected chi connectivity index (χ4v) is 3.43. The first-order valence-electron chi connectivity index (χ1n) is 9.23. The van der Waals surface area contributed by atoms with E-state index in [0.717, 1.165) is 30.2 Å². The second-order valence-electron chi connectivity index (χ2n) is 7.19. The maximum atomic E-state index is 11.8. The van der Waals surface area contributed by atoms with Gasteiger partial charge in [-0.2, -0.15) is 13.5 Å². The van der Waals surface area contributed by atoms with Gasteiger partial charge in [0.2, 0.25) is 0 Å². The zero-order chi connectivity index (χ0) is 19.4. The Balaban J connectivity index is 0.00000280. The smallest absolute Gasteiger partial charge is 0.337 e. The lowest BCUT2D eigenvalue weighted by Gasteiger charge is -2.32. The fraction of sp³-hybridized carbons (Fsp3) is 0.409. The lowest BCUT2D eigenvalue weighted by Crippen LogP contribution is -2.40. The summed E-state index contributed by atoms with van der Waals surface area (Å²) in [7, 11) is 3.07. The third-order valence-electron chi connectivity index (χ3n) is 5.05. The van der Waals surface area contributed by atoms with Crippen molar-refractivity contribution in [3.63, 3.8) is 0 Å². The molecule has 0 aliphatic carbocycles. The maximum Gasteiger partial charge on any atom is 0.337 e. The monoisotopic (exact) mass is 403 g/mol. The van der Waals surface area contributed by atoms with Crippen LogP contribution in [-0.2, 0) is 17.8 Å². The summed E-state index contributed by atoms with van der Waals surface area (Å²) in [6, 6.07) is 14.0. The van der Waals surface area contributed by atoms with Gasteiger partial charge in [0, 0.05) is 24.7 Å². The Morgan fingerprint density at radius 2 is 1.89 bits per heavy atom. The highest BCUT2D eigenvalue weighted by molar-refractivity contribution is 7.59. The van der Waals surface area contributed by atoms with Gasteiger partial charge < -0.3 is 14.2 Å². The van der Waals surface area contributed by atoms with Gasteiger partial charge in [-0.05, 0) is 35.7 Å². The summed E-state index contributed by atoms with van der Waals surface area (Å²) in [5, 5.41) is 0. The van der Waals surface area contributed by atoms with E-state index in [1.54, 1.807) is 19.2 Å². The zero-order valence-electron chi connectivity index (χ0n) is 16.9. The van der Waals surface area contributed by atoms with Crippen LogP contribution in [0.1, 0.15) is 35.3 Å². The van der Waals surface area contributed by atoms with Gasteiger partial charge in [-0.15, -0.1) is 0 Å². The van der Waals surface area contributed by atoms with E-state index in [2.05, 4.69) is 30.9 Å². The Labute approximate surface area is 174 Å². The lowest BCUT2D eigenvalue weighted by atomic mass is 10.0. The van der Waals surface area contributed by atoms with Gasteiger partial charge >= 0.3 is 5.97 Å². The topological polar surface area (TPSA) is 48.0 Å². The Bertz CT molecular complexity index is 792. The van der Waals surface area contributed by atoms with Crippen molar-refractivity contribution in [2.24, 2.45) is 5.92 Å². The molecule has 0 N–H and O–H groups in total. The molecule has 2 aromatic rings. The second-order valence-corrected chi connectivity index (χ2v) is 7.19. The Kier molecular flexibility index (Phi) is 7.78. The predicted octanol–water partition coefficient (Wildman–Crippen LogP) is 4.01. The molecule has 0 amide bonds. The minimum absolute atomic E-state index is 0. The van der Waals surface area contributed by atoms with Crippen LogP contribution >= 0.6 is 13.5 Å². The Hall–Kier alpha value is -2.18. The summed E-state index contributed by atoms with van der Waals surface area (Å²) < 4.78 is 16.2. The molecule has 1 aliphatic heterocycles. The number of hydrogen-bond donors (Lipinski definition) is 0. The highest BCUT2D eigenvalue weighted by Gasteiger charge is 2.28. The molecule has 0 aromatic heterocycles. The van der Waals surface area contributed by atoms with Crippen LogP contribution in [0, 0.1) is 5.92 Å². The molecule has 0 radical (unpaired) electrons. The standard InChI is InChI=1S/C22H27NO4.H2S/c1-15(2)20-14-27-21-11-17(22(24)26-4)7-8-18(21)13-23(20)12-16-5-9-19(25-3)10-6-16;/h5-11,15,20H,12-14H2,1-4H3;1H2/t20-;/m1./s1. The van der Waals surface area contributed by atoms with Gasteiger partial charge in [0.05, 0.1) is 19.8 Å². The second kappa shape index (κ2) is 9.85. The van der Waals surface area contributed by atoms with Crippen molar-refractivity contribution in [2.45, 2.75) is 33.0 Å². The van der Waals surface area contributed by atoms with E-state index >= 15 is 0 Å². The normalized spacial score (nSPS) is 16.4. The molecule has 1 atom stereocenters. The molecule has 0 saturated heterocycles. The van der Waals surface area contributed by atoms with Crippen molar-refractivity contribution in [1.82, 2.24) is 4.90 Å². The summed E-state index contributed by atoms with van der Waals surface area (Å²) >= 11 is 0.